The minimum Gasteiger partial charge on any atom is -0.312 e. The number of carbonyl (C=O) groups excluding carboxylic acids is 2. The Labute approximate surface area is 154 Å². The second kappa shape index (κ2) is 7.00. The Morgan fingerprint density at radius 2 is 1.73 bits per heavy atom. The van der Waals surface area contributed by atoms with Crippen molar-refractivity contribution < 1.29 is 18.0 Å². The highest BCUT2D eigenvalue weighted by atomic mass is 32.2. The Balaban J connectivity index is 1.87. The number of amides is 3. The van der Waals surface area contributed by atoms with Gasteiger partial charge >= 0.3 is 6.03 Å². The van der Waals surface area contributed by atoms with Crippen LogP contribution in [0.3, 0.4) is 0 Å². The summed E-state index contributed by atoms with van der Waals surface area (Å²) in [6.45, 7) is 7.02. The highest BCUT2D eigenvalue weighted by Crippen LogP contribution is 2.33. The van der Waals surface area contributed by atoms with Crippen molar-refractivity contribution in [1.29, 1.82) is 0 Å². The molecule has 1 aromatic carbocycles. The fraction of sp³-hybridized carbons (Fsp3) is 0.556. The van der Waals surface area contributed by atoms with Crippen LogP contribution in [-0.2, 0) is 14.8 Å². The fourth-order valence-corrected chi connectivity index (χ4v) is 5.15. The average Bonchev–Trinajstić information content (AvgIpc) is 2.86. The summed E-state index contributed by atoms with van der Waals surface area (Å²) >= 11 is 0. The monoisotopic (exact) mass is 379 g/mol. The number of fused-ring (bicyclic) bond motifs is 1. The molecule has 2 heterocycles. The molecule has 0 spiro atoms. The lowest BCUT2D eigenvalue weighted by Gasteiger charge is -2.30. The van der Waals surface area contributed by atoms with Gasteiger partial charge in [0.2, 0.25) is 10.0 Å². The van der Waals surface area contributed by atoms with Crippen LogP contribution in [0.1, 0.15) is 33.6 Å². The largest absolute Gasteiger partial charge is 0.332 e. The molecule has 2 aliphatic heterocycles. The van der Waals surface area contributed by atoms with Gasteiger partial charge in [0.15, 0.2) is 0 Å². The zero-order chi connectivity index (χ0) is 19.1. The van der Waals surface area contributed by atoms with Crippen LogP contribution >= 0.6 is 0 Å². The third-order valence-corrected chi connectivity index (χ3v) is 7.31. The molecule has 26 heavy (non-hydrogen) atoms. The van der Waals surface area contributed by atoms with Gasteiger partial charge in [0.25, 0.3) is 5.91 Å². The number of sulfonamides is 1. The summed E-state index contributed by atoms with van der Waals surface area (Å²) in [6, 6.07) is 5.28. The van der Waals surface area contributed by atoms with E-state index in [0.717, 1.165) is 6.42 Å². The molecule has 0 N–H and O–H groups in total. The van der Waals surface area contributed by atoms with Crippen molar-refractivity contribution in [3.05, 3.63) is 24.3 Å². The van der Waals surface area contributed by atoms with Gasteiger partial charge in [-0.05, 0) is 43.0 Å². The van der Waals surface area contributed by atoms with Gasteiger partial charge in [0.05, 0.1) is 10.6 Å². The standard InChI is InChI=1S/C18H25N3O4S/c1-4-19(5-2)26(24,25)15-8-6-14(7-9-15)21-17(22)16-12-13(3)10-11-20(16)18(21)23/h6-9,13,16H,4-5,10-12H2,1-3H3/t13-,16-/m1/s1. The molecule has 0 unspecified atom stereocenters. The summed E-state index contributed by atoms with van der Waals surface area (Å²) in [5.41, 5.74) is 0.417. The van der Waals surface area contributed by atoms with Gasteiger partial charge < -0.3 is 4.90 Å². The second-order valence-electron chi connectivity index (χ2n) is 6.88. The van der Waals surface area contributed by atoms with Gasteiger partial charge in [0.1, 0.15) is 6.04 Å². The lowest BCUT2D eigenvalue weighted by Crippen LogP contribution is -2.41. The Bertz CT molecular complexity index is 802. The SMILES string of the molecule is CCN(CC)S(=O)(=O)c1ccc(N2C(=O)[C@H]3C[C@H](C)CCN3C2=O)cc1. The highest BCUT2D eigenvalue weighted by Gasteiger charge is 2.47. The Morgan fingerprint density at radius 1 is 1.12 bits per heavy atom. The van der Waals surface area contributed by atoms with Gasteiger partial charge in [-0.25, -0.2) is 18.1 Å². The molecule has 142 valence electrons. The molecule has 3 rings (SSSR count). The summed E-state index contributed by atoms with van der Waals surface area (Å²) in [4.78, 5) is 28.3. The van der Waals surface area contributed by atoms with Crippen molar-refractivity contribution in [3.63, 3.8) is 0 Å². The molecule has 0 bridgehead atoms. The maximum atomic E-state index is 12.7. The minimum absolute atomic E-state index is 0.162. The number of rotatable bonds is 5. The summed E-state index contributed by atoms with van der Waals surface area (Å²) in [5.74, 6) is 0.190. The van der Waals surface area contributed by atoms with Crippen LogP contribution in [0, 0.1) is 5.92 Å². The Kier molecular flexibility index (Phi) is 5.07. The van der Waals surface area contributed by atoms with E-state index < -0.39 is 16.1 Å². The maximum Gasteiger partial charge on any atom is 0.332 e. The number of hydrogen-bond acceptors (Lipinski definition) is 4. The third-order valence-electron chi connectivity index (χ3n) is 5.25. The molecular weight excluding hydrogens is 354 g/mol. The molecular formula is C18H25N3O4S. The van der Waals surface area contributed by atoms with E-state index >= 15 is 0 Å². The quantitative estimate of drug-likeness (QED) is 0.736. The van der Waals surface area contributed by atoms with Gasteiger partial charge in [-0.15, -0.1) is 0 Å². The maximum absolute atomic E-state index is 12.7. The molecule has 3 amide bonds. The average molecular weight is 379 g/mol. The first-order valence-electron chi connectivity index (χ1n) is 9.06. The van der Waals surface area contributed by atoms with E-state index in [1.165, 1.54) is 33.5 Å². The summed E-state index contributed by atoms with van der Waals surface area (Å²) in [7, 11) is -3.56. The minimum atomic E-state index is -3.56. The normalized spacial score (nSPS) is 23.7. The van der Waals surface area contributed by atoms with Crippen LogP contribution in [0.4, 0.5) is 10.5 Å². The molecule has 2 aliphatic rings. The summed E-state index contributed by atoms with van der Waals surface area (Å²) in [5, 5.41) is 0. The molecule has 2 fully saturated rings. The number of imide groups is 1. The number of nitrogens with zero attached hydrogens (tertiary/aromatic N) is 3. The number of urea groups is 1. The number of piperidine rings is 1. The smallest absolute Gasteiger partial charge is 0.312 e. The molecule has 2 saturated heterocycles. The van der Waals surface area contributed by atoms with Crippen LogP contribution in [0.25, 0.3) is 0 Å². The molecule has 0 aliphatic carbocycles. The number of anilines is 1. The second-order valence-corrected chi connectivity index (χ2v) is 8.82. The van der Waals surface area contributed by atoms with E-state index in [1.54, 1.807) is 18.7 Å². The molecule has 8 heteroatoms. The van der Waals surface area contributed by atoms with Gasteiger partial charge in [-0.2, -0.15) is 4.31 Å². The topological polar surface area (TPSA) is 78.0 Å². The van der Waals surface area contributed by atoms with Crippen molar-refractivity contribution in [3.8, 4) is 0 Å². The fourth-order valence-electron chi connectivity index (χ4n) is 3.69. The molecule has 0 aromatic heterocycles. The van der Waals surface area contributed by atoms with Crippen LogP contribution in [-0.4, -0.2) is 55.2 Å². The van der Waals surface area contributed by atoms with Crippen molar-refractivity contribution >= 4 is 27.6 Å². The van der Waals surface area contributed by atoms with E-state index in [2.05, 4.69) is 6.92 Å². The molecule has 0 radical (unpaired) electrons. The number of benzene rings is 1. The number of carbonyl (C=O) groups is 2. The van der Waals surface area contributed by atoms with Crippen LogP contribution in [0.2, 0.25) is 0 Å². The van der Waals surface area contributed by atoms with Crippen LogP contribution in [0.5, 0.6) is 0 Å². The first-order valence-corrected chi connectivity index (χ1v) is 10.5. The zero-order valence-corrected chi connectivity index (χ0v) is 16.2. The lowest BCUT2D eigenvalue weighted by molar-refractivity contribution is -0.120. The predicted molar refractivity (Wildman–Crippen MR) is 98.3 cm³/mol. The summed E-state index contributed by atoms with van der Waals surface area (Å²) < 4.78 is 26.5. The highest BCUT2D eigenvalue weighted by molar-refractivity contribution is 7.89. The van der Waals surface area contributed by atoms with Crippen molar-refractivity contribution in [2.24, 2.45) is 5.92 Å². The van der Waals surface area contributed by atoms with Gasteiger partial charge in [-0.1, -0.05) is 20.8 Å². The van der Waals surface area contributed by atoms with Gasteiger partial charge in [-0.3, -0.25) is 4.79 Å². The summed E-state index contributed by atoms with van der Waals surface area (Å²) in [6.07, 6.45) is 1.57. The lowest BCUT2D eigenvalue weighted by atomic mass is 9.93. The molecule has 2 atom stereocenters. The first-order chi connectivity index (χ1) is 12.3. The van der Waals surface area contributed by atoms with E-state index in [1.807, 2.05) is 0 Å². The van der Waals surface area contributed by atoms with E-state index in [4.69, 9.17) is 0 Å². The molecule has 1 aromatic rings. The molecule has 0 saturated carbocycles. The zero-order valence-electron chi connectivity index (χ0n) is 15.4. The Hall–Kier alpha value is -1.93. The van der Waals surface area contributed by atoms with E-state index in [9.17, 15) is 18.0 Å². The van der Waals surface area contributed by atoms with E-state index in [0.29, 0.717) is 37.7 Å². The van der Waals surface area contributed by atoms with Crippen LogP contribution < -0.4 is 4.90 Å². The number of hydrogen-bond donors (Lipinski definition) is 0. The molecule has 7 nitrogen and oxygen atoms in total. The van der Waals surface area contributed by atoms with Crippen molar-refractivity contribution in [2.75, 3.05) is 24.5 Å². The predicted octanol–water partition coefficient (Wildman–Crippen LogP) is 2.28. The van der Waals surface area contributed by atoms with Gasteiger partial charge in [0, 0.05) is 19.6 Å². The van der Waals surface area contributed by atoms with Crippen LogP contribution in [0.15, 0.2) is 29.2 Å². The Morgan fingerprint density at radius 3 is 2.31 bits per heavy atom. The van der Waals surface area contributed by atoms with E-state index in [-0.39, 0.29) is 16.8 Å². The first kappa shape index (κ1) is 18.8. The van der Waals surface area contributed by atoms with Crippen molar-refractivity contribution in [2.45, 2.75) is 44.6 Å². The third kappa shape index (κ3) is 3.01. The van der Waals surface area contributed by atoms with Crippen molar-refractivity contribution in [1.82, 2.24) is 9.21 Å².